The fourth-order valence-electron chi connectivity index (χ4n) is 0.231. The van der Waals surface area contributed by atoms with Crippen molar-refractivity contribution in [1.29, 1.82) is 0 Å². The summed E-state index contributed by atoms with van der Waals surface area (Å²) >= 11 is 0. The highest BCUT2D eigenvalue weighted by molar-refractivity contribution is 5.79. The van der Waals surface area contributed by atoms with E-state index in [0.717, 1.165) is 18.2 Å². The van der Waals surface area contributed by atoms with Crippen LogP contribution in [0.4, 0.5) is 0 Å². The second-order valence-corrected chi connectivity index (χ2v) is 2.69. The Balaban J connectivity index is -0.0000000995. The maximum atomic E-state index is 9.25. The molecule has 0 saturated carbocycles. The van der Waals surface area contributed by atoms with Gasteiger partial charge in [0.05, 0.1) is 26.4 Å². The fraction of sp³-hybridized carbons (Fsp3) is 0.308. The fourth-order valence-corrected chi connectivity index (χ4v) is 0.231. The van der Waals surface area contributed by atoms with E-state index in [-0.39, 0.29) is 13.2 Å². The lowest BCUT2D eigenvalue weighted by molar-refractivity contribution is -0.132. The number of carboxylic acid groups (broad SMARTS) is 3. The second-order valence-electron chi connectivity index (χ2n) is 2.69. The van der Waals surface area contributed by atoms with Crippen molar-refractivity contribution < 1.29 is 44.7 Å². The van der Waals surface area contributed by atoms with Crippen molar-refractivity contribution in [1.82, 2.24) is 0 Å². The molecule has 0 aliphatic heterocycles. The van der Waals surface area contributed by atoms with Gasteiger partial charge in [0.1, 0.15) is 0 Å². The zero-order valence-electron chi connectivity index (χ0n) is 12.1. The van der Waals surface area contributed by atoms with E-state index in [2.05, 4.69) is 24.5 Å². The molecule has 5 N–H and O–H groups in total. The molecule has 0 aromatic heterocycles. The SMILES string of the molecule is C=CC(=O)O.C=CC(=O)O.C=CC(=O)O.OCCOCCO. The molecule has 0 aromatic rings. The highest BCUT2D eigenvalue weighted by atomic mass is 16.5. The molecule has 0 spiro atoms. The van der Waals surface area contributed by atoms with E-state index in [1.54, 1.807) is 0 Å². The Morgan fingerprint density at radius 2 is 0.909 bits per heavy atom. The van der Waals surface area contributed by atoms with Crippen molar-refractivity contribution in [3.05, 3.63) is 38.0 Å². The molecular formula is C13H22O9. The molecule has 0 rings (SSSR count). The summed E-state index contributed by atoms with van der Waals surface area (Å²) in [7, 11) is 0. The van der Waals surface area contributed by atoms with Gasteiger partial charge in [-0.3, -0.25) is 0 Å². The summed E-state index contributed by atoms with van der Waals surface area (Å²) in [6.07, 6.45) is 2.50. The number of carboxylic acids is 3. The maximum Gasteiger partial charge on any atom is 0.327 e. The summed E-state index contributed by atoms with van der Waals surface area (Å²) in [6.45, 7) is 9.58. The third kappa shape index (κ3) is 84.6. The number of rotatable bonds is 7. The lowest BCUT2D eigenvalue weighted by Gasteiger charge is -1.94. The highest BCUT2D eigenvalue weighted by Crippen LogP contribution is 1.68. The number of ether oxygens (including phenoxy) is 1. The van der Waals surface area contributed by atoms with Gasteiger partial charge in [0.2, 0.25) is 0 Å². The third-order valence-electron chi connectivity index (χ3n) is 0.995. The molecule has 0 aliphatic carbocycles. The minimum Gasteiger partial charge on any atom is -0.478 e. The van der Waals surface area contributed by atoms with Crippen molar-refractivity contribution in [2.45, 2.75) is 0 Å². The van der Waals surface area contributed by atoms with E-state index in [9.17, 15) is 14.4 Å². The Kier molecular flexibility index (Phi) is 34.0. The predicted molar refractivity (Wildman–Crippen MR) is 78.5 cm³/mol. The van der Waals surface area contributed by atoms with Crippen LogP contribution in [0.1, 0.15) is 0 Å². The Morgan fingerprint density at radius 1 is 0.727 bits per heavy atom. The molecule has 0 saturated heterocycles. The molecule has 0 atom stereocenters. The lowest BCUT2D eigenvalue weighted by Crippen LogP contribution is -2.03. The van der Waals surface area contributed by atoms with Crippen molar-refractivity contribution in [3.8, 4) is 0 Å². The van der Waals surface area contributed by atoms with Crippen molar-refractivity contribution in [3.63, 3.8) is 0 Å². The summed E-state index contributed by atoms with van der Waals surface area (Å²) in [5, 5.41) is 39.0. The standard InChI is InChI=1S/C4H10O3.3C3H4O2/c5-1-3-7-4-2-6;3*1-2-3(4)5/h5-6H,1-4H2;3*2H,1H2,(H,4,5). The molecule has 0 bridgehead atoms. The van der Waals surface area contributed by atoms with Gasteiger partial charge < -0.3 is 30.3 Å². The molecule has 9 nitrogen and oxygen atoms in total. The quantitative estimate of drug-likeness (QED) is 0.314. The van der Waals surface area contributed by atoms with Crippen molar-refractivity contribution in [2.24, 2.45) is 0 Å². The minimum absolute atomic E-state index is 0.0278. The second kappa shape index (κ2) is 27.0. The average Bonchev–Trinajstić information content (AvgIpc) is 2.49. The van der Waals surface area contributed by atoms with Crippen LogP contribution in [-0.4, -0.2) is 69.9 Å². The van der Waals surface area contributed by atoms with Crippen LogP contribution < -0.4 is 0 Å². The summed E-state index contributed by atoms with van der Waals surface area (Å²) < 4.78 is 4.63. The zero-order chi connectivity index (χ0) is 18.4. The van der Waals surface area contributed by atoms with Crippen LogP contribution in [0.5, 0.6) is 0 Å². The van der Waals surface area contributed by atoms with Crippen molar-refractivity contribution >= 4 is 17.9 Å². The molecule has 128 valence electrons. The Bertz CT molecular complexity index is 277. The van der Waals surface area contributed by atoms with Gasteiger partial charge in [0.15, 0.2) is 0 Å². The molecule has 0 fully saturated rings. The zero-order valence-corrected chi connectivity index (χ0v) is 12.1. The van der Waals surface area contributed by atoms with Crippen LogP contribution in [0.15, 0.2) is 38.0 Å². The van der Waals surface area contributed by atoms with E-state index < -0.39 is 17.9 Å². The lowest BCUT2D eigenvalue weighted by atomic mass is 10.7. The first-order chi connectivity index (χ1) is 10.2. The van der Waals surface area contributed by atoms with Gasteiger partial charge in [-0.1, -0.05) is 19.7 Å². The topological polar surface area (TPSA) is 162 Å². The first-order valence-corrected chi connectivity index (χ1v) is 5.58. The smallest absolute Gasteiger partial charge is 0.327 e. The van der Waals surface area contributed by atoms with Crippen LogP contribution in [0, 0.1) is 0 Å². The number of aliphatic hydroxyl groups is 2. The van der Waals surface area contributed by atoms with Crippen LogP contribution in [0.2, 0.25) is 0 Å². The van der Waals surface area contributed by atoms with Gasteiger partial charge in [-0.05, 0) is 0 Å². The first kappa shape index (κ1) is 27.8. The molecule has 0 aromatic carbocycles. The predicted octanol–water partition coefficient (Wildman–Crippen LogP) is -0.241. The molecule has 22 heavy (non-hydrogen) atoms. The molecule has 0 unspecified atom stereocenters. The Labute approximate surface area is 128 Å². The Hall–Kier alpha value is -2.49. The van der Waals surface area contributed by atoms with Gasteiger partial charge in [-0.2, -0.15) is 0 Å². The van der Waals surface area contributed by atoms with Gasteiger partial charge in [0.25, 0.3) is 0 Å². The van der Waals surface area contributed by atoms with Crippen LogP contribution in [0.3, 0.4) is 0 Å². The highest BCUT2D eigenvalue weighted by Gasteiger charge is 1.79. The van der Waals surface area contributed by atoms with Gasteiger partial charge in [0, 0.05) is 18.2 Å². The van der Waals surface area contributed by atoms with Crippen LogP contribution in [0.25, 0.3) is 0 Å². The van der Waals surface area contributed by atoms with Gasteiger partial charge in [-0.25, -0.2) is 14.4 Å². The summed E-state index contributed by atoms with van der Waals surface area (Å²) in [6, 6.07) is 0. The van der Waals surface area contributed by atoms with E-state index in [1.165, 1.54) is 0 Å². The van der Waals surface area contributed by atoms with E-state index in [1.807, 2.05) is 0 Å². The average molecular weight is 322 g/mol. The number of carbonyl (C=O) groups is 3. The molecule has 0 aliphatic rings. The molecule has 0 heterocycles. The molecule has 9 heteroatoms. The molecular weight excluding hydrogens is 300 g/mol. The Morgan fingerprint density at radius 3 is 1.00 bits per heavy atom. The third-order valence-corrected chi connectivity index (χ3v) is 0.995. The van der Waals surface area contributed by atoms with Crippen LogP contribution in [-0.2, 0) is 19.1 Å². The number of aliphatic carboxylic acids is 3. The summed E-state index contributed by atoms with van der Waals surface area (Å²) in [4.78, 5) is 27.8. The van der Waals surface area contributed by atoms with Gasteiger partial charge >= 0.3 is 17.9 Å². The summed E-state index contributed by atoms with van der Waals surface area (Å²) in [5.74, 6) is -2.94. The largest absolute Gasteiger partial charge is 0.478 e. The normalized spacial score (nSPS) is 7.36. The first-order valence-electron chi connectivity index (χ1n) is 5.58. The monoisotopic (exact) mass is 322 g/mol. The van der Waals surface area contributed by atoms with Gasteiger partial charge in [-0.15, -0.1) is 0 Å². The number of aliphatic hydroxyl groups excluding tert-OH is 2. The minimum atomic E-state index is -0.981. The van der Waals surface area contributed by atoms with E-state index in [4.69, 9.17) is 25.5 Å². The van der Waals surface area contributed by atoms with Crippen LogP contribution >= 0.6 is 0 Å². The van der Waals surface area contributed by atoms with Crippen molar-refractivity contribution in [2.75, 3.05) is 26.4 Å². The number of hydrogen-bond acceptors (Lipinski definition) is 6. The maximum absolute atomic E-state index is 9.25. The summed E-state index contributed by atoms with van der Waals surface area (Å²) in [5.41, 5.74) is 0. The molecule has 0 radical (unpaired) electrons. The molecule has 0 amide bonds. The number of hydrogen-bond donors (Lipinski definition) is 5. The van der Waals surface area contributed by atoms with E-state index >= 15 is 0 Å². The van der Waals surface area contributed by atoms with E-state index in [0.29, 0.717) is 13.2 Å².